The van der Waals surface area contributed by atoms with Crippen molar-refractivity contribution in [1.82, 2.24) is 0 Å². The van der Waals surface area contributed by atoms with E-state index in [-0.39, 0.29) is 16.5 Å². The smallest absolute Gasteiger partial charge is 0.136 e. The van der Waals surface area contributed by atoms with Gasteiger partial charge in [-0.25, -0.2) is 0 Å². The summed E-state index contributed by atoms with van der Waals surface area (Å²) in [7, 11) is 0. The van der Waals surface area contributed by atoms with Crippen LogP contribution in [0.1, 0.15) is 26.0 Å². The summed E-state index contributed by atoms with van der Waals surface area (Å²) in [6, 6.07) is 4.51. The summed E-state index contributed by atoms with van der Waals surface area (Å²) in [6.07, 6.45) is 0. The average molecular weight is 642 g/mol. The normalized spacial score (nSPS) is 17.1. The van der Waals surface area contributed by atoms with Gasteiger partial charge in [0.2, 0.25) is 0 Å². The lowest BCUT2D eigenvalue weighted by Gasteiger charge is -2.19. The molecule has 0 unspecified atom stereocenters. The number of rotatable bonds is 4. The number of fused-ring (bicyclic) bond motifs is 6. The van der Waals surface area contributed by atoms with Crippen molar-refractivity contribution in [2.45, 2.75) is 0 Å². The largest absolute Gasteiger partial charge is 0.456 e. The highest BCUT2D eigenvalue weighted by molar-refractivity contribution is 6.25. The van der Waals surface area contributed by atoms with Gasteiger partial charge in [-0.3, -0.25) is 0 Å². The summed E-state index contributed by atoms with van der Waals surface area (Å²) in [4.78, 5) is 0. The van der Waals surface area contributed by atoms with Crippen LogP contribution >= 0.6 is 0 Å². The third-order valence-corrected chi connectivity index (χ3v) is 8.75. The summed E-state index contributed by atoms with van der Waals surface area (Å²) in [6.45, 7) is 0. The molecular weight excluding hydrogens is 593 g/mol. The highest BCUT2D eigenvalue weighted by atomic mass is 16.3. The second kappa shape index (κ2) is 11.1. The molecule has 0 fully saturated rings. The van der Waals surface area contributed by atoms with Gasteiger partial charge >= 0.3 is 0 Å². The number of hydrogen-bond acceptors (Lipinski definition) is 1. The van der Waals surface area contributed by atoms with Gasteiger partial charge in [-0.1, -0.05) is 163 Å². The fraction of sp³-hybridized carbons (Fsp3) is 0. The molecule has 0 bridgehead atoms. The van der Waals surface area contributed by atoms with Crippen LogP contribution in [-0.4, -0.2) is 0 Å². The van der Waals surface area contributed by atoms with E-state index in [9.17, 15) is 11.0 Å². The molecule has 1 aromatic heterocycles. The first kappa shape index (κ1) is 14.8. The molecule has 0 aliphatic rings. The Balaban J connectivity index is 1.48. The Labute approximate surface area is 311 Å². The highest BCUT2D eigenvalue weighted by Gasteiger charge is 2.20. The molecule has 0 atom stereocenters. The molecular formula is C48H30O. The van der Waals surface area contributed by atoms with E-state index < -0.39 is 164 Å². The monoisotopic (exact) mass is 641 g/mol. The van der Waals surface area contributed by atoms with Crippen LogP contribution in [0.2, 0.25) is 0 Å². The summed E-state index contributed by atoms with van der Waals surface area (Å²) in [5.74, 6) is 0. The molecule has 0 saturated heterocycles. The molecule has 0 aliphatic heterocycles. The van der Waals surface area contributed by atoms with Gasteiger partial charge in [-0.05, 0) is 95.0 Å². The maximum atomic E-state index is 9.96. The Kier molecular flexibility index (Phi) is 3.34. The van der Waals surface area contributed by atoms with Crippen LogP contribution in [0.3, 0.4) is 0 Å². The zero-order valence-corrected chi connectivity index (χ0v) is 25.3. The van der Waals surface area contributed by atoms with E-state index >= 15 is 0 Å². The fourth-order valence-electron chi connectivity index (χ4n) is 6.67. The van der Waals surface area contributed by atoms with Crippen molar-refractivity contribution in [3.8, 4) is 44.5 Å². The lowest BCUT2D eigenvalue weighted by molar-refractivity contribution is 0.669. The maximum absolute atomic E-state index is 9.96. The van der Waals surface area contributed by atoms with Crippen molar-refractivity contribution >= 4 is 54.3 Å². The minimum atomic E-state index is -0.871. The van der Waals surface area contributed by atoms with Crippen molar-refractivity contribution in [3.63, 3.8) is 0 Å². The highest BCUT2D eigenvalue weighted by Crippen LogP contribution is 2.47. The van der Waals surface area contributed by atoms with E-state index in [0.29, 0.717) is 21.9 Å². The number of hydrogen-bond donors (Lipinski definition) is 0. The quantitative estimate of drug-likeness (QED) is 0.174. The SMILES string of the molecule is [2H]c1c([2H])c([2H])c(-c2c3c([2H])c([2H])c([2H])c([2H])c3c(-c3c([2H])c([2H])c(-c4cccc5oc6ccc(-c7ccccc7)cc6c45)c4c([2H])c([2H])c([2H])c([2H])c34)c3c([2H])c([2H])c([2H])c([2H])c23)c([2H])c1[2H]. The predicted octanol–water partition coefficient (Wildman–Crippen LogP) is 13.7. The lowest BCUT2D eigenvalue weighted by Crippen LogP contribution is -1.92. The topological polar surface area (TPSA) is 13.1 Å². The first-order chi connectivity index (χ1) is 32.2. The van der Waals surface area contributed by atoms with Crippen LogP contribution in [0.4, 0.5) is 0 Å². The zero-order valence-electron chi connectivity index (χ0n) is 44.3. The molecule has 0 aliphatic carbocycles. The van der Waals surface area contributed by atoms with Gasteiger partial charge in [0.15, 0.2) is 0 Å². The standard InChI is InChI=1S/C48H30O/c1-3-14-31(15-4-1)33-26-29-44-43(30-33)48-37(24-13-25-45(48)49-44)36-27-28-42(35-19-8-7-18-34(35)36)47-40-22-11-9-20-38(40)46(32-16-5-2-6-17-32)39-21-10-12-23-41(39)47/h1-30H/i2D,5D,6D,7D,8D,9D,10D,11D,12D,16D,17D,18D,19D,20D,21D,22D,23D,27D,28D. The number of benzene rings is 9. The van der Waals surface area contributed by atoms with Crippen molar-refractivity contribution in [3.05, 3.63) is 182 Å². The average Bonchev–Trinajstić information content (AvgIpc) is 3.72. The van der Waals surface area contributed by atoms with Gasteiger partial charge in [0, 0.05) is 10.8 Å². The van der Waals surface area contributed by atoms with Crippen molar-refractivity contribution in [2.24, 2.45) is 0 Å². The minimum absolute atomic E-state index is 0.132. The molecule has 228 valence electrons. The fourth-order valence-corrected chi connectivity index (χ4v) is 6.67. The molecule has 1 nitrogen and oxygen atoms in total. The summed E-state index contributed by atoms with van der Waals surface area (Å²) in [5, 5.41) is -2.00. The van der Waals surface area contributed by atoms with Crippen molar-refractivity contribution in [2.75, 3.05) is 0 Å². The van der Waals surface area contributed by atoms with Crippen LogP contribution in [0, 0.1) is 0 Å². The first-order valence-corrected chi connectivity index (χ1v) is 15.3. The maximum Gasteiger partial charge on any atom is 0.136 e. The predicted molar refractivity (Wildman–Crippen MR) is 208 cm³/mol. The Morgan fingerprint density at radius 1 is 0.347 bits per heavy atom. The van der Waals surface area contributed by atoms with Gasteiger partial charge in [-0.15, -0.1) is 0 Å². The molecule has 1 heterocycles. The Morgan fingerprint density at radius 3 is 1.63 bits per heavy atom. The Bertz CT molecular complexity index is 3850. The van der Waals surface area contributed by atoms with Gasteiger partial charge < -0.3 is 4.42 Å². The summed E-state index contributed by atoms with van der Waals surface area (Å²) in [5.41, 5.74) is 0.290. The molecule has 49 heavy (non-hydrogen) atoms. The van der Waals surface area contributed by atoms with E-state index in [1.807, 2.05) is 42.5 Å². The van der Waals surface area contributed by atoms with Gasteiger partial charge in [-0.2, -0.15) is 0 Å². The zero-order chi connectivity index (χ0) is 48.8. The first-order valence-electron chi connectivity index (χ1n) is 24.8. The molecule has 0 N–H and O–H groups in total. The molecule has 0 saturated carbocycles. The van der Waals surface area contributed by atoms with Crippen molar-refractivity contribution < 1.29 is 30.5 Å². The van der Waals surface area contributed by atoms with Crippen LogP contribution in [-0.2, 0) is 0 Å². The van der Waals surface area contributed by atoms with E-state index in [1.165, 1.54) is 0 Å². The second-order valence-corrected chi connectivity index (χ2v) is 11.4. The molecule has 0 radical (unpaired) electrons. The van der Waals surface area contributed by atoms with Crippen LogP contribution in [0.25, 0.3) is 98.8 Å². The number of furan rings is 1. The molecule has 10 rings (SSSR count). The minimum Gasteiger partial charge on any atom is -0.456 e. The summed E-state index contributed by atoms with van der Waals surface area (Å²) >= 11 is 0. The molecule has 0 spiro atoms. The molecule has 10 aromatic rings. The molecule has 0 amide bonds. The van der Waals surface area contributed by atoms with Gasteiger partial charge in [0.25, 0.3) is 0 Å². The van der Waals surface area contributed by atoms with Crippen molar-refractivity contribution in [1.29, 1.82) is 0 Å². The molecule has 1 heteroatoms. The third-order valence-electron chi connectivity index (χ3n) is 8.75. The molecule has 9 aromatic carbocycles. The third kappa shape index (κ3) is 4.33. The lowest BCUT2D eigenvalue weighted by atomic mass is 9.83. The van der Waals surface area contributed by atoms with E-state index in [4.69, 9.17) is 19.5 Å². The second-order valence-electron chi connectivity index (χ2n) is 11.4. The van der Waals surface area contributed by atoms with Crippen LogP contribution in [0.15, 0.2) is 186 Å². The Hall–Kier alpha value is -6.44. The van der Waals surface area contributed by atoms with Gasteiger partial charge in [0.1, 0.15) is 11.2 Å². The van der Waals surface area contributed by atoms with E-state index in [1.54, 1.807) is 24.3 Å². The van der Waals surface area contributed by atoms with Gasteiger partial charge in [0.05, 0.1) is 26.0 Å². The van der Waals surface area contributed by atoms with E-state index in [0.717, 1.165) is 11.1 Å². The summed E-state index contributed by atoms with van der Waals surface area (Å²) < 4.78 is 179. The van der Waals surface area contributed by atoms with E-state index in [2.05, 4.69) is 0 Å². The Morgan fingerprint density at radius 2 is 0.939 bits per heavy atom. The van der Waals surface area contributed by atoms with Crippen LogP contribution in [0.5, 0.6) is 0 Å². The van der Waals surface area contributed by atoms with Crippen LogP contribution < -0.4 is 0 Å².